The predicted molar refractivity (Wildman–Crippen MR) is 82.4 cm³/mol. The number of aromatic nitrogens is 1. The summed E-state index contributed by atoms with van der Waals surface area (Å²) in [6.45, 7) is 0. The summed E-state index contributed by atoms with van der Waals surface area (Å²) in [5.41, 5.74) is 5.70. The van der Waals surface area contributed by atoms with Gasteiger partial charge in [0.25, 0.3) is 5.91 Å². The largest absolute Gasteiger partial charge is 0.456 e. The first kappa shape index (κ1) is 15.6. The first-order chi connectivity index (χ1) is 10.5. The van der Waals surface area contributed by atoms with Crippen LogP contribution in [0.1, 0.15) is 10.5 Å². The van der Waals surface area contributed by atoms with Crippen LogP contribution >= 0.6 is 11.6 Å². The number of rotatable bonds is 4. The van der Waals surface area contributed by atoms with Gasteiger partial charge in [-0.05, 0) is 24.3 Å². The highest BCUT2D eigenvalue weighted by atomic mass is 35.5. The van der Waals surface area contributed by atoms with Crippen molar-refractivity contribution in [3.8, 4) is 11.5 Å². The highest BCUT2D eigenvalue weighted by Crippen LogP contribution is 2.31. The molecular formula is C14H13ClN4O3. The highest BCUT2D eigenvalue weighted by molar-refractivity contribution is 6.32. The van der Waals surface area contributed by atoms with Crippen LogP contribution in [0.25, 0.3) is 0 Å². The Balaban J connectivity index is 2.20. The van der Waals surface area contributed by atoms with E-state index in [0.29, 0.717) is 17.2 Å². The van der Waals surface area contributed by atoms with Crippen LogP contribution in [0.4, 0.5) is 10.5 Å². The van der Waals surface area contributed by atoms with E-state index < -0.39 is 6.03 Å². The molecular weight excluding hydrogens is 308 g/mol. The second kappa shape index (κ2) is 6.77. The first-order valence-electron chi connectivity index (χ1n) is 6.21. The third kappa shape index (κ3) is 3.86. The van der Waals surface area contributed by atoms with Gasteiger partial charge in [-0.1, -0.05) is 11.6 Å². The van der Waals surface area contributed by atoms with Crippen LogP contribution in [-0.2, 0) is 0 Å². The van der Waals surface area contributed by atoms with Gasteiger partial charge >= 0.3 is 6.03 Å². The van der Waals surface area contributed by atoms with E-state index in [9.17, 15) is 9.59 Å². The summed E-state index contributed by atoms with van der Waals surface area (Å²) in [4.78, 5) is 26.2. The fourth-order valence-corrected chi connectivity index (χ4v) is 1.88. The first-order valence-corrected chi connectivity index (χ1v) is 6.59. The molecule has 0 saturated heterocycles. The number of hydrogen-bond donors (Lipinski definition) is 3. The minimum atomic E-state index is -0.686. The summed E-state index contributed by atoms with van der Waals surface area (Å²) in [6.07, 6.45) is 1.46. The summed E-state index contributed by atoms with van der Waals surface area (Å²) in [6, 6.07) is 7.07. The minimum Gasteiger partial charge on any atom is -0.456 e. The van der Waals surface area contributed by atoms with Crippen LogP contribution in [0.2, 0.25) is 5.02 Å². The molecule has 8 heteroatoms. The molecule has 0 aliphatic carbocycles. The zero-order valence-corrected chi connectivity index (χ0v) is 12.3. The summed E-state index contributed by atoms with van der Waals surface area (Å²) in [5, 5.41) is 5.16. The number of nitrogens with two attached hydrogens (primary N) is 1. The van der Waals surface area contributed by atoms with Gasteiger partial charge in [0.2, 0.25) is 0 Å². The molecule has 114 valence electrons. The number of carbonyl (C=O) groups excluding carboxylic acids is 2. The van der Waals surface area contributed by atoms with E-state index in [0.717, 1.165) is 0 Å². The number of benzene rings is 1. The number of anilines is 1. The van der Waals surface area contributed by atoms with Crippen LogP contribution in [0.5, 0.6) is 11.5 Å². The second-order valence-corrected chi connectivity index (χ2v) is 4.60. The third-order valence-electron chi connectivity index (χ3n) is 2.62. The third-order valence-corrected chi connectivity index (χ3v) is 2.91. The highest BCUT2D eigenvalue weighted by Gasteiger charge is 2.09. The summed E-state index contributed by atoms with van der Waals surface area (Å²) in [5.74, 6) is 0.453. The van der Waals surface area contributed by atoms with Crippen LogP contribution < -0.4 is 21.1 Å². The molecule has 0 saturated carbocycles. The van der Waals surface area contributed by atoms with Gasteiger partial charge in [-0.2, -0.15) is 0 Å². The Hall–Kier alpha value is -2.80. The molecule has 1 aromatic carbocycles. The van der Waals surface area contributed by atoms with Crippen molar-refractivity contribution in [1.82, 2.24) is 10.3 Å². The van der Waals surface area contributed by atoms with Gasteiger partial charge in [0, 0.05) is 25.0 Å². The van der Waals surface area contributed by atoms with Gasteiger partial charge in [-0.15, -0.1) is 0 Å². The number of pyridine rings is 1. The Labute approximate surface area is 131 Å². The number of amides is 3. The van der Waals surface area contributed by atoms with Crippen LogP contribution in [0, 0.1) is 0 Å². The molecule has 1 heterocycles. The van der Waals surface area contributed by atoms with Crippen LogP contribution in [-0.4, -0.2) is 24.0 Å². The Morgan fingerprint density at radius 2 is 2.05 bits per heavy atom. The van der Waals surface area contributed by atoms with Crippen molar-refractivity contribution >= 4 is 29.2 Å². The minimum absolute atomic E-state index is 0.225. The molecule has 3 amide bonds. The van der Waals surface area contributed by atoms with Gasteiger partial charge in [-0.25, -0.2) is 4.79 Å². The second-order valence-electron chi connectivity index (χ2n) is 4.19. The molecule has 1 aromatic heterocycles. The lowest BCUT2D eigenvalue weighted by atomic mass is 10.3. The van der Waals surface area contributed by atoms with Gasteiger partial charge in [-0.3, -0.25) is 9.78 Å². The topological polar surface area (TPSA) is 106 Å². The van der Waals surface area contributed by atoms with Crippen molar-refractivity contribution in [2.24, 2.45) is 5.73 Å². The average molecular weight is 321 g/mol. The maximum absolute atomic E-state index is 11.5. The number of carbonyl (C=O) groups is 2. The normalized spacial score (nSPS) is 9.91. The Morgan fingerprint density at radius 1 is 1.27 bits per heavy atom. The lowest BCUT2D eigenvalue weighted by Gasteiger charge is -2.10. The molecule has 0 bridgehead atoms. The van der Waals surface area contributed by atoms with Crippen molar-refractivity contribution in [3.05, 3.63) is 47.2 Å². The van der Waals surface area contributed by atoms with E-state index in [4.69, 9.17) is 22.1 Å². The van der Waals surface area contributed by atoms with Gasteiger partial charge in [0.15, 0.2) is 0 Å². The number of ether oxygens (including phenoxy) is 1. The van der Waals surface area contributed by atoms with E-state index in [2.05, 4.69) is 15.6 Å². The average Bonchev–Trinajstić information content (AvgIpc) is 2.49. The van der Waals surface area contributed by atoms with Crippen molar-refractivity contribution in [1.29, 1.82) is 0 Å². The van der Waals surface area contributed by atoms with E-state index in [1.807, 2.05) is 0 Å². The zero-order chi connectivity index (χ0) is 16.1. The molecule has 7 nitrogen and oxygen atoms in total. The SMILES string of the molecule is CNC(=O)c1cc(Oc2ccc(NC(N)=O)cc2Cl)ccn1. The molecule has 0 aliphatic heterocycles. The Bertz CT molecular complexity index is 721. The number of primary amides is 1. The molecule has 0 aliphatic rings. The fraction of sp³-hybridized carbons (Fsp3) is 0.0714. The van der Waals surface area contributed by atoms with Crippen LogP contribution in [0.3, 0.4) is 0 Å². The summed E-state index contributed by atoms with van der Waals surface area (Å²) < 4.78 is 5.61. The summed E-state index contributed by atoms with van der Waals surface area (Å²) >= 11 is 6.08. The summed E-state index contributed by atoms with van der Waals surface area (Å²) in [7, 11) is 1.51. The molecule has 0 spiro atoms. The lowest BCUT2D eigenvalue weighted by Crippen LogP contribution is -2.19. The van der Waals surface area contributed by atoms with Gasteiger partial charge < -0.3 is 21.1 Å². The van der Waals surface area contributed by atoms with Crippen molar-refractivity contribution < 1.29 is 14.3 Å². The molecule has 0 unspecified atom stereocenters. The predicted octanol–water partition coefficient (Wildman–Crippen LogP) is 2.38. The van der Waals surface area contributed by atoms with E-state index in [1.54, 1.807) is 18.2 Å². The molecule has 2 aromatic rings. The van der Waals surface area contributed by atoms with E-state index >= 15 is 0 Å². The quantitative estimate of drug-likeness (QED) is 0.804. The standard InChI is InChI=1S/C14H13ClN4O3/c1-17-13(20)11-7-9(4-5-18-11)22-12-3-2-8(6-10(12)15)19-14(16)21/h2-7H,1H3,(H,17,20)(H3,16,19,21). The molecule has 2 rings (SSSR count). The smallest absolute Gasteiger partial charge is 0.316 e. The molecule has 0 atom stereocenters. The fourth-order valence-electron chi connectivity index (χ4n) is 1.66. The monoisotopic (exact) mass is 320 g/mol. The molecule has 22 heavy (non-hydrogen) atoms. The van der Waals surface area contributed by atoms with Crippen molar-refractivity contribution in [2.45, 2.75) is 0 Å². The maximum atomic E-state index is 11.5. The number of nitrogens with one attached hydrogen (secondary N) is 2. The molecule has 0 fully saturated rings. The molecule has 0 radical (unpaired) electrons. The van der Waals surface area contributed by atoms with Crippen molar-refractivity contribution in [2.75, 3.05) is 12.4 Å². The van der Waals surface area contributed by atoms with Crippen molar-refractivity contribution in [3.63, 3.8) is 0 Å². The lowest BCUT2D eigenvalue weighted by molar-refractivity contribution is 0.0958. The zero-order valence-electron chi connectivity index (χ0n) is 11.6. The molecule has 4 N–H and O–H groups in total. The number of nitrogens with zero attached hydrogens (tertiary/aromatic N) is 1. The van der Waals surface area contributed by atoms with Crippen LogP contribution in [0.15, 0.2) is 36.5 Å². The Kier molecular flexibility index (Phi) is 4.80. The van der Waals surface area contributed by atoms with Gasteiger partial charge in [0.1, 0.15) is 17.2 Å². The number of halogens is 1. The number of hydrogen-bond acceptors (Lipinski definition) is 4. The number of urea groups is 1. The van der Waals surface area contributed by atoms with Gasteiger partial charge in [0.05, 0.1) is 5.02 Å². The maximum Gasteiger partial charge on any atom is 0.316 e. The van der Waals surface area contributed by atoms with E-state index in [1.165, 1.54) is 25.4 Å². The van der Waals surface area contributed by atoms with E-state index in [-0.39, 0.29) is 16.6 Å². The Morgan fingerprint density at radius 3 is 2.68 bits per heavy atom.